The van der Waals surface area contributed by atoms with Gasteiger partial charge in [0.25, 0.3) is 5.69 Å². The number of primary sulfonamides is 1. The summed E-state index contributed by atoms with van der Waals surface area (Å²) in [5, 5.41) is 14.7. The summed E-state index contributed by atoms with van der Waals surface area (Å²) in [6.07, 6.45) is 0.478. The Hall–Kier alpha value is -1.63. The van der Waals surface area contributed by atoms with E-state index in [2.05, 4.69) is 0 Å². The Labute approximate surface area is 132 Å². The number of nitro benzene ring substituents is 1. The lowest BCUT2D eigenvalue weighted by atomic mass is 10.2. The number of benzene rings is 1. The first-order chi connectivity index (χ1) is 10.5. The zero-order valence-corrected chi connectivity index (χ0v) is 13.4. The Morgan fingerprint density at radius 3 is 2.48 bits per heavy atom. The predicted molar refractivity (Wildman–Crippen MR) is 77.9 cm³/mol. The molecule has 0 bridgehead atoms. The lowest BCUT2D eigenvalue weighted by molar-refractivity contribution is -0.385. The lowest BCUT2D eigenvalue weighted by Crippen LogP contribution is -2.46. The Morgan fingerprint density at radius 2 is 1.91 bits per heavy atom. The monoisotopic (exact) mass is 367 g/mol. The second-order valence-corrected chi connectivity index (χ2v) is 8.90. The molecule has 23 heavy (non-hydrogen) atoms. The maximum Gasteiger partial charge on any atom is 0.273 e. The van der Waals surface area contributed by atoms with Crippen molar-refractivity contribution >= 4 is 25.7 Å². The van der Waals surface area contributed by atoms with E-state index in [1.807, 2.05) is 0 Å². The van der Waals surface area contributed by atoms with Gasteiger partial charge in [-0.05, 0) is 18.9 Å². The standard InChI is InChI=1S/C11H14FN3O6S2/c12-8-4-9(15(16)17)6-11(5-8)23(20,21)14-3-1-2-10(7-14)22(13,18)19/h4-6,10H,1-3,7H2,(H2,13,18,19). The van der Waals surface area contributed by atoms with E-state index in [-0.39, 0.29) is 25.9 Å². The number of non-ortho nitro benzene ring substituents is 1. The van der Waals surface area contributed by atoms with Crippen LogP contribution in [0.15, 0.2) is 23.1 Å². The number of halogens is 1. The van der Waals surface area contributed by atoms with Crippen molar-refractivity contribution in [3.63, 3.8) is 0 Å². The van der Waals surface area contributed by atoms with Crippen LogP contribution in [0.25, 0.3) is 0 Å². The molecule has 0 radical (unpaired) electrons. The van der Waals surface area contributed by atoms with Crippen LogP contribution in [0.5, 0.6) is 0 Å². The summed E-state index contributed by atoms with van der Waals surface area (Å²) in [6.45, 7) is -0.343. The van der Waals surface area contributed by atoms with Gasteiger partial charge in [-0.3, -0.25) is 10.1 Å². The van der Waals surface area contributed by atoms with Gasteiger partial charge in [0.1, 0.15) is 5.82 Å². The third kappa shape index (κ3) is 3.83. The van der Waals surface area contributed by atoms with Crippen LogP contribution in [-0.2, 0) is 20.0 Å². The van der Waals surface area contributed by atoms with Crippen molar-refractivity contribution in [2.24, 2.45) is 5.14 Å². The van der Waals surface area contributed by atoms with Crippen molar-refractivity contribution in [1.29, 1.82) is 0 Å². The molecule has 12 heteroatoms. The molecule has 2 N–H and O–H groups in total. The van der Waals surface area contributed by atoms with Crippen LogP contribution in [0.1, 0.15) is 12.8 Å². The lowest BCUT2D eigenvalue weighted by Gasteiger charge is -2.30. The van der Waals surface area contributed by atoms with Crippen LogP contribution in [0.2, 0.25) is 0 Å². The van der Waals surface area contributed by atoms with Gasteiger partial charge < -0.3 is 0 Å². The summed E-state index contributed by atoms with van der Waals surface area (Å²) in [6, 6.07) is 1.99. The zero-order chi connectivity index (χ0) is 17.4. The number of sulfonamides is 2. The maximum absolute atomic E-state index is 13.4. The first-order valence-corrected chi connectivity index (χ1v) is 9.53. The molecule has 128 valence electrons. The quantitative estimate of drug-likeness (QED) is 0.594. The summed E-state index contributed by atoms with van der Waals surface area (Å²) in [7, 11) is -8.18. The molecular formula is C11H14FN3O6S2. The Bertz CT molecular complexity index is 839. The zero-order valence-electron chi connectivity index (χ0n) is 11.8. The molecule has 1 unspecified atom stereocenters. The molecule has 1 aromatic carbocycles. The van der Waals surface area contributed by atoms with Crippen LogP contribution in [0.3, 0.4) is 0 Å². The number of hydrogen-bond donors (Lipinski definition) is 1. The summed E-state index contributed by atoms with van der Waals surface area (Å²) >= 11 is 0. The number of nitrogens with two attached hydrogens (primary N) is 1. The molecule has 0 aromatic heterocycles. The third-order valence-corrected chi connectivity index (χ3v) is 6.67. The number of piperidine rings is 1. The fraction of sp³-hybridized carbons (Fsp3) is 0.455. The van der Waals surface area contributed by atoms with Crippen molar-refractivity contribution in [3.8, 4) is 0 Å². The molecule has 0 aliphatic carbocycles. The van der Waals surface area contributed by atoms with E-state index in [0.717, 1.165) is 10.4 Å². The van der Waals surface area contributed by atoms with Crippen molar-refractivity contribution in [1.82, 2.24) is 4.31 Å². The molecule has 0 saturated carbocycles. The first-order valence-electron chi connectivity index (χ1n) is 6.48. The van der Waals surface area contributed by atoms with Gasteiger partial charge in [-0.2, -0.15) is 4.31 Å². The van der Waals surface area contributed by atoms with E-state index in [4.69, 9.17) is 5.14 Å². The molecule has 1 atom stereocenters. The highest BCUT2D eigenvalue weighted by Gasteiger charge is 2.35. The molecule has 2 rings (SSSR count). The smallest absolute Gasteiger partial charge is 0.258 e. The van der Waals surface area contributed by atoms with E-state index >= 15 is 0 Å². The van der Waals surface area contributed by atoms with E-state index in [0.29, 0.717) is 12.1 Å². The fourth-order valence-electron chi connectivity index (χ4n) is 2.34. The Kier molecular flexibility index (Phi) is 4.71. The van der Waals surface area contributed by atoms with Crippen LogP contribution >= 0.6 is 0 Å². The second kappa shape index (κ2) is 6.11. The van der Waals surface area contributed by atoms with Crippen LogP contribution in [-0.4, -0.2) is 44.4 Å². The molecule has 0 spiro atoms. The minimum atomic E-state index is -4.26. The SMILES string of the molecule is NS(=O)(=O)C1CCCN(S(=O)(=O)c2cc(F)cc([N+](=O)[O-])c2)C1. The largest absolute Gasteiger partial charge is 0.273 e. The Balaban J connectivity index is 2.40. The number of nitro groups is 1. The van der Waals surface area contributed by atoms with E-state index in [1.165, 1.54) is 0 Å². The summed E-state index contributed by atoms with van der Waals surface area (Å²) in [4.78, 5) is 9.22. The highest BCUT2D eigenvalue weighted by atomic mass is 32.2. The normalized spacial score (nSPS) is 20.3. The second-order valence-electron chi connectivity index (χ2n) is 5.12. The summed E-state index contributed by atoms with van der Waals surface area (Å²) in [5.41, 5.74) is -0.705. The predicted octanol–water partition coefficient (Wildman–Crippen LogP) is 0.176. The topological polar surface area (TPSA) is 141 Å². The van der Waals surface area contributed by atoms with Crippen LogP contribution in [0, 0.1) is 15.9 Å². The molecular weight excluding hydrogens is 353 g/mol. The molecule has 1 aromatic rings. The molecule has 1 heterocycles. The summed E-state index contributed by atoms with van der Waals surface area (Å²) in [5.74, 6) is -1.07. The molecule has 1 aliphatic heterocycles. The number of rotatable bonds is 4. The van der Waals surface area contributed by atoms with Crippen molar-refractivity contribution < 1.29 is 26.1 Å². The first kappa shape index (κ1) is 17.7. The minimum Gasteiger partial charge on any atom is -0.258 e. The molecule has 9 nitrogen and oxygen atoms in total. The Morgan fingerprint density at radius 1 is 1.26 bits per heavy atom. The average Bonchev–Trinajstić information content (AvgIpc) is 2.45. The fourth-order valence-corrected chi connectivity index (χ4v) is 4.90. The van der Waals surface area contributed by atoms with Gasteiger partial charge in [-0.25, -0.2) is 26.4 Å². The third-order valence-electron chi connectivity index (χ3n) is 3.51. The van der Waals surface area contributed by atoms with Crippen molar-refractivity contribution in [2.45, 2.75) is 23.0 Å². The van der Waals surface area contributed by atoms with Gasteiger partial charge in [0.05, 0.1) is 21.1 Å². The van der Waals surface area contributed by atoms with Crippen LogP contribution in [0.4, 0.5) is 10.1 Å². The molecule has 1 saturated heterocycles. The van der Waals surface area contributed by atoms with Gasteiger partial charge in [0, 0.05) is 19.2 Å². The average molecular weight is 367 g/mol. The number of hydrogen-bond acceptors (Lipinski definition) is 6. The van der Waals surface area contributed by atoms with Crippen LogP contribution < -0.4 is 5.14 Å². The van der Waals surface area contributed by atoms with Gasteiger partial charge in [-0.15, -0.1) is 0 Å². The number of nitrogens with zero attached hydrogens (tertiary/aromatic N) is 2. The van der Waals surface area contributed by atoms with Gasteiger partial charge >= 0.3 is 0 Å². The molecule has 1 aliphatic rings. The highest BCUT2D eigenvalue weighted by molar-refractivity contribution is 7.90. The van der Waals surface area contributed by atoms with Crippen molar-refractivity contribution in [3.05, 3.63) is 34.1 Å². The summed E-state index contributed by atoms with van der Waals surface area (Å²) < 4.78 is 62.1. The van der Waals surface area contributed by atoms with E-state index < -0.39 is 46.6 Å². The maximum atomic E-state index is 13.4. The minimum absolute atomic E-state index is 0.0265. The van der Waals surface area contributed by atoms with Gasteiger partial charge in [0.15, 0.2) is 0 Å². The van der Waals surface area contributed by atoms with E-state index in [1.54, 1.807) is 0 Å². The molecule has 0 amide bonds. The van der Waals surface area contributed by atoms with Gasteiger partial charge in [-0.1, -0.05) is 0 Å². The molecule has 1 fully saturated rings. The van der Waals surface area contributed by atoms with Crippen molar-refractivity contribution in [2.75, 3.05) is 13.1 Å². The highest BCUT2D eigenvalue weighted by Crippen LogP contribution is 2.26. The van der Waals surface area contributed by atoms with E-state index in [9.17, 15) is 31.3 Å². The van der Waals surface area contributed by atoms with Gasteiger partial charge in [0.2, 0.25) is 20.0 Å².